The van der Waals surface area contributed by atoms with Gasteiger partial charge in [-0.3, -0.25) is 0 Å². The Hall–Kier alpha value is -0.0400. The first-order chi connectivity index (χ1) is 7.76. The zero-order valence-electron chi connectivity index (χ0n) is 10.8. The zero-order chi connectivity index (χ0) is 11.0. The van der Waals surface area contributed by atoms with E-state index in [0.29, 0.717) is 5.41 Å². The van der Waals surface area contributed by atoms with Gasteiger partial charge in [0, 0.05) is 12.6 Å². The standard InChI is InChI=1S/C15H27N/c1-15(13-6-7-13,11-16-14-8-9-14)10-12-4-2-3-5-12/h12-14,16H,2-11H2,1H3. The van der Waals surface area contributed by atoms with Gasteiger partial charge in [0.15, 0.2) is 0 Å². The van der Waals surface area contributed by atoms with E-state index in [9.17, 15) is 0 Å². The summed E-state index contributed by atoms with van der Waals surface area (Å²) in [5.74, 6) is 2.12. The second-order valence-electron chi connectivity index (χ2n) is 6.94. The van der Waals surface area contributed by atoms with Crippen LogP contribution < -0.4 is 5.32 Å². The van der Waals surface area contributed by atoms with Gasteiger partial charge in [-0.1, -0.05) is 32.6 Å². The van der Waals surface area contributed by atoms with E-state index in [2.05, 4.69) is 12.2 Å². The SMILES string of the molecule is CC(CNC1CC1)(CC1CCCC1)C1CC1. The van der Waals surface area contributed by atoms with Gasteiger partial charge in [-0.25, -0.2) is 0 Å². The van der Waals surface area contributed by atoms with E-state index in [1.807, 2.05) is 0 Å². The minimum Gasteiger partial charge on any atom is -0.313 e. The van der Waals surface area contributed by atoms with Gasteiger partial charge >= 0.3 is 0 Å². The van der Waals surface area contributed by atoms with Crippen LogP contribution in [0, 0.1) is 17.3 Å². The third kappa shape index (κ3) is 2.61. The van der Waals surface area contributed by atoms with E-state index in [-0.39, 0.29) is 0 Å². The van der Waals surface area contributed by atoms with E-state index < -0.39 is 0 Å². The van der Waals surface area contributed by atoms with Gasteiger partial charge in [0.25, 0.3) is 0 Å². The largest absolute Gasteiger partial charge is 0.313 e. The van der Waals surface area contributed by atoms with Crippen molar-refractivity contribution in [1.29, 1.82) is 0 Å². The average Bonchev–Trinajstić information content (AvgIpc) is 3.17. The predicted molar refractivity (Wildman–Crippen MR) is 68.4 cm³/mol. The highest BCUT2D eigenvalue weighted by Crippen LogP contribution is 2.50. The van der Waals surface area contributed by atoms with Gasteiger partial charge in [-0.15, -0.1) is 0 Å². The van der Waals surface area contributed by atoms with Crippen molar-refractivity contribution < 1.29 is 0 Å². The Balaban J connectivity index is 1.54. The van der Waals surface area contributed by atoms with E-state index in [1.165, 1.54) is 64.3 Å². The molecule has 0 bridgehead atoms. The maximum Gasteiger partial charge on any atom is 0.00684 e. The van der Waals surface area contributed by atoms with Crippen LogP contribution in [0.4, 0.5) is 0 Å². The molecule has 0 aromatic carbocycles. The molecule has 0 aromatic rings. The first kappa shape index (κ1) is 11.1. The number of hydrogen-bond acceptors (Lipinski definition) is 1. The summed E-state index contributed by atoms with van der Waals surface area (Å²) in [5, 5.41) is 3.79. The summed E-state index contributed by atoms with van der Waals surface area (Å²) in [6.07, 6.45) is 13.4. The predicted octanol–water partition coefficient (Wildman–Crippen LogP) is 3.74. The molecule has 1 N–H and O–H groups in total. The molecule has 1 heteroatoms. The molecule has 1 atom stereocenters. The van der Waals surface area contributed by atoms with Crippen LogP contribution in [0.3, 0.4) is 0 Å². The van der Waals surface area contributed by atoms with Crippen molar-refractivity contribution in [3.05, 3.63) is 0 Å². The fourth-order valence-corrected chi connectivity index (χ4v) is 3.70. The molecule has 1 nitrogen and oxygen atoms in total. The Morgan fingerprint density at radius 3 is 2.25 bits per heavy atom. The van der Waals surface area contributed by atoms with E-state index in [0.717, 1.165) is 17.9 Å². The molecule has 3 aliphatic rings. The topological polar surface area (TPSA) is 12.0 Å². The minimum absolute atomic E-state index is 0.637. The smallest absolute Gasteiger partial charge is 0.00684 e. The highest BCUT2D eigenvalue weighted by Gasteiger charge is 2.43. The van der Waals surface area contributed by atoms with Crippen molar-refractivity contribution in [1.82, 2.24) is 5.32 Å². The number of hydrogen-bond donors (Lipinski definition) is 1. The highest BCUT2D eigenvalue weighted by molar-refractivity contribution is 4.96. The van der Waals surface area contributed by atoms with Gasteiger partial charge < -0.3 is 5.32 Å². The maximum atomic E-state index is 3.79. The van der Waals surface area contributed by atoms with E-state index in [4.69, 9.17) is 0 Å². The van der Waals surface area contributed by atoms with Crippen molar-refractivity contribution in [3.63, 3.8) is 0 Å². The van der Waals surface area contributed by atoms with Crippen molar-refractivity contribution >= 4 is 0 Å². The molecular formula is C15H27N. The Labute approximate surface area is 100 Å². The van der Waals surface area contributed by atoms with Crippen LogP contribution in [0.25, 0.3) is 0 Å². The molecule has 0 spiro atoms. The summed E-state index contributed by atoms with van der Waals surface area (Å²) in [4.78, 5) is 0. The third-order valence-corrected chi connectivity index (χ3v) is 5.16. The van der Waals surface area contributed by atoms with Gasteiger partial charge in [0.1, 0.15) is 0 Å². The van der Waals surface area contributed by atoms with Crippen LogP contribution in [-0.2, 0) is 0 Å². The normalized spacial score (nSPS) is 30.6. The Morgan fingerprint density at radius 2 is 1.69 bits per heavy atom. The second-order valence-corrected chi connectivity index (χ2v) is 6.94. The third-order valence-electron chi connectivity index (χ3n) is 5.16. The Kier molecular flexibility index (Phi) is 2.99. The quantitative estimate of drug-likeness (QED) is 0.720. The molecule has 3 fully saturated rings. The number of rotatable bonds is 6. The minimum atomic E-state index is 0.637. The van der Waals surface area contributed by atoms with Crippen LogP contribution in [0.5, 0.6) is 0 Å². The second kappa shape index (κ2) is 4.33. The molecule has 3 rings (SSSR count). The summed E-state index contributed by atoms with van der Waals surface area (Å²) < 4.78 is 0. The summed E-state index contributed by atoms with van der Waals surface area (Å²) in [5.41, 5.74) is 0.637. The number of nitrogens with one attached hydrogen (secondary N) is 1. The summed E-state index contributed by atoms with van der Waals surface area (Å²) in [6, 6.07) is 0.890. The lowest BCUT2D eigenvalue weighted by Crippen LogP contribution is -2.36. The van der Waals surface area contributed by atoms with Gasteiger partial charge in [-0.2, -0.15) is 0 Å². The lowest BCUT2D eigenvalue weighted by molar-refractivity contribution is 0.194. The molecule has 0 amide bonds. The Morgan fingerprint density at radius 1 is 1.00 bits per heavy atom. The van der Waals surface area contributed by atoms with Crippen molar-refractivity contribution in [3.8, 4) is 0 Å². The first-order valence-corrected chi connectivity index (χ1v) is 7.50. The molecule has 3 aliphatic carbocycles. The van der Waals surface area contributed by atoms with E-state index >= 15 is 0 Å². The fraction of sp³-hybridized carbons (Fsp3) is 1.00. The maximum absolute atomic E-state index is 3.79. The van der Waals surface area contributed by atoms with Crippen molar-refractivity contribution in [2.45, 2.75) is 70.8 Å². The monoisotopic (exact) mass is 221 g/mol. The molecule has 0 saturated heterocycles. The lowest BCUT2D eigenvalue weighted by Gasteiger charge is -2.33. The summed E-state index contributed by atoms with van der Waals surface area (Å²) in [7, 11) is 0. The highest BCUT2D eigenvalue weighted by atomic mass is 15.0. The van der Waals surface area contributed by atoms with E-state index in [1.54, 1.807) is 0 Å². The average molecular weight is 221 g/mol. The lowest BCUT2D eigenvalue weighted by atomic mass is 9.76. The van der Waals surface area contributed by atoms with Crippen LogP contribution >= 0.6 is 0 Å². The molecule has 16 heavy (non-hydrogen) atoms. The molecule has 0 aliphatic heterocycles. The molecule has 3 saturated carbocycles. The van der Waals surface area contributed by atoms with Crippen LogP contribution in [0.1, 0.15) is 64.7 Å². The Bertz CT molecular complexity index is 236. The van der Waals surface area contributed by atoms with Gasteiger partial charge in [0.05, 0.1) is 0 Å². The molecular weight excluding hydrogens is 194 g/mol. The zero-order valence-corrected chi connectivity index (χ0v) is 10.8. The van der Waals surface area contributed by atoms with Crippen molar-refractivity contribution in [2.75, 3.05) is 6.54 Å². The summed E-state index contributed by atoms with van der Waals surface area (Å²) >= 11 is 0. The van der Waals surface area contributed by atoms with Crippen LogP contribution in [-0.4, -0.2) is 12.6 Å². The molecule has 1 unspecified atom stereocenters. The molecule has 0 heterocycles. The van der Waals surface area contributed by atoms with Gasteiger partial charge in [-0.05, 0) is 49.4 Å². The van der Waals surface area contributed by atoms with Gasteiger partial charge in [0.2, 0.25) is 0 Å². The van der Waals surface area contributed by atoms with Crippen molar-refractivity contribution in [2.24, 2.45) is 17.3 Å². The molecule has 0 aromatic heterocycles. The molecule has 0 radical (unpaired) electrons. The van der Waals surface area contributed by atoms with Crippen LogP contribution in [0.2, 0.25) is 0 Å². The van der Waals surface area contributed by atoms with Crippen LogP contribution in [0.15, 0.2) is 0 Å². The summed E-state index contributed by atoms with van der Waals surface area (Å²) in [6.45, 7) is 3.87. The fourth-order valence-electron chi connectivity index (χ4n) is 3.70. The molecule has 92 valence electrons. The first-order valence-electron chi connectivity index (χ1n) is 7.50.